The van der Waals surface area contributed by atoms with Crippen LogP contribution in [0.1, 0.15) is 106 Å². The van der Waals surface area contributed by atoms with Crippen molar-refractivity contribution in [2.75, 3.05) is 26.2 Å². The molecule has 0 aromatic heterocycles. The Morgan fingerprint density at radius 2 is 0.647 bits per heavy atom. The van der Waals surface area contributed by atoms with Gasteiger partial charge in [0, 0.05) is 31.1 Å². The van der Waals surface area contributed by atoms with Crippen LogP contribution in [0.3, 0.4) is 0 Å². The average molecular weight is 911 g/mol. The predicted molar refractivity (Wildman–Crippen MR) is 287 cm³/mol. The van der Waals surface area contributed by atoms with Gasteiger partial charge in [0.05, 0.1) is 0 Å². The molecule has 0 bridgehead atoms. The summed E-state index contributed by atoms with van der Waals surface area (Å²) in [5.74, 6) is 2.47. The summed E-state index contributed by atoms with van der Waals surface area (Å²) in [5.41, 5.74) is 20.1. The summed E-state index contributed by atoms with van der Waals surface area (Å²) in [5, 5.41) is 0. The second-order valence-electron chi connectivity index (χ2n) is 16.0. The van der Waals surface area contributed by atoms with Gasteiger partial charge in [0.25, 0.3) is 0 Å². The number of aldehydes is 1. The van der Waals surface area contributed by atoms with Crippen LogP contribution in [0.15, 0.2) is 175 Å². The van der Waals surface area contributed by atoms with E-state index in [2.05, 4.69) is 54.0 Å². The van der Waals surface area contributed by atoms with Crippen LogP contribution in [0.5, 0.6) is 17.2 Å². The number of benzene rings is 6. The molecule has 0 saturated heterocycles. The molecule has 0 radical (unpaired) electrons. The summed E-state index contributed by atoms with van der Waals surface area (Å²) < 4.78 is 17.4. The summed E-state index contributed by atoms with van der Waals surface area (Å²) >= 11 is 0. The van der Waals surface area contributed by atoms with Crippen molar-refractivity contribution in [2.45, 2.75) is 71.2 Å². The number of hydrogen-bond donors (Lipinski definition) is 2. The minimum absolute atomic E-state index is 0.512. The summed E-state index contributed by atoms with van der Waals surface area (Å²) in [6, 6.07) is 47.7. The van der Waals surface area contributed by atoms with Gasteiger partial charge in [0.2, 0.25) is 0 Å². The molecule has 0 unspecified atom stereocenters. The van der Waals surface area contributed by atoms with Gasteiger partial charge in [-0.1, -0.05) is 136 Å². The van der Waals surface area contributed by atoms with Gasteiger partial charge in [-0.3, -0.25) is 14.8 Å². The summed E-state index contributed by atoms with van der Waals surface area (Å²) in [7, 11) is 0. The van der Waals surface area contributed by atoms with Crippen LogP contribution < -0.4 is 25.7 Å². The molecule has 0 saturated carbocycles. The van der Waals surface area contributed by atoms with E-state index in [1.807, 2.05) is 128 Å². The zero-order valence-corrected chi connectivity index (χ0v) is 39.7. The molecule has 68 heavy (non-hydrogen) atoms. The van der Waals surface area contributed by atoms with Crippen molar-refractivity contribution in [1.82, 2.24) is 0 Å². The second-order valence-corrected chi connectivity index (χ2v) is 16.0. The highest BCUT2D eigenvalue weighted by Crippen LogP contribution is 2.17. The number of carbonyl (C=O) groups excluding carboxylic acids is 1. The lowest BCUT2D eigenvalue weighted by atomic mass is 10.1. The lowest BCUT2D eigenvalue weighted by molar-refractivity contribution is 0.112. The van der Waals surface area contributed by atoms with E-state index >= 15 is 0 Å². The average Bonchev–Trinajstić information content (AvgIpc) is 3.40. The molecule has 0 spiro atoms. The van der Waals surface area contributed by atoms with E-state index in [4.69, 9.17) is 25.7 Å². The van der Waals surface area contributed by atoms with Crippen LogP contribution in [-0.4, -0.2) is 44.9 Å². The number of unbranched alkanes of at least 4 members (excludes halogenated alkanes) is 6. The van der Waals surface area contributed by atoms with Crippen LogP contribution in [0, 0.1) is 0 Å². The fourth-order valence-corrected chi connectivity index (χ4v) is 6.43. The first-order valence-corrected chi connectivity index (χ1v) is 23.6. The molecule has 6 aromatic carbocycles. The number of rotatable bonds is 27. The van der Waals surface area contributed by atoms with Crippen molar-refractivity contribution < 1.29 is 19.0 Å². The van der Waals surface area contributed by atoms with Gasteiger partial charge in [-0.25, -0.2) is 0 Å². The zero-order valence-electron chi connectivity index (χ0n) is 39.7. The van der Waals surface area contributed by atoms with Crippen LogP contribution in [-0.2, 0) is 19.8 Å². The van der Waals surface area contributed by atoms with E-state index in [-0.39, 0.29) is 0 Å². The Morgan fingerprint density at radius 1 is 0.368 bits per heavy atom. The Balaban J connectivity index is 0.000000316. The highest BCUT2D eigenvalue weighted by molar-refractivity contribution is 5.80. The first-order chi connectivity index (χ1) is 33.4. The molecule has 6 rings (SSSR count). The van der Waals surface area contributed by atoms with Crippen molar-refractivity contribution in [3.05, 3.63) is 215 Å². The molecule has 4 N–H and O–H groups in total. The molecule has 0 heterocycles. The molecule has 0 amide bonds. The van der Waals surface area contributed by atoms with Crippen LogP contribution in [0.25, 0.3) is 18.2 Å². The van der Waals surface area contributed by atoms with Gasteiger partial charge in [-0.15, -0.1) is 0 Å². The van der Waals surface area contributed by atoms with E-state index in [0.29, 0.717) is 25.4 Å². The lowest BCUT2D eigenvalue weighted by Crippen LogP contribution is -2.00. The maximum absolute atomic E-state index is 10.5. The molecule has 0 aliphatic rings. The fourth-order valence-electron chi connectivity index (χ4n) is 6.43. The van der Waals surface area contributed by atoms with E-state index in [0.717, 1.165) is 133 Å². The summed E-state index contributed by atoms with van der Waals surface area (Å²) in [6.07, 6.45) is 19.5. The number of ether oxygens (including phenoxy) is 3. The van der Waals surface area contributed by atoms with E-state index in [9.17, 15) is 4.79 Å². The SMILES string of the molecule is C=Cc1ccc(COc2ccc(C=NCCCCCCN=Cc3ccc(OCc4ccc(C=C)cc4)cc3)cc2)cc1.C=Cc1ccc(COc2ccc(C=O)cc2)cc1.NCCCCCCN. The Bertz CT molecular complexity index is 2180. The third kappa shape index (κ3) is 22.4. The number of aliphatic imine (C=N–C) groups is 2. The highest BCUT2D eigenvalue weighted by Gasteiger charge is 2.00. The Labute approximate surface area is 405 Å². The van der Waals surface area contributed by atoms with Gasteiger partial charge in [0.1, 0.15) is 43.4 Å². The van der Waals surface area contributed by atoms with Crippen LogP contribution in [0.2, 0.25) is 0 Å². The van der Waals surface area contributed by atoms with Crippen molar-refractivity contribution in [2.24, 2.45) is 21.5 Å². The number of hydrogen-bond acceptors (Lipinski definition) is 8. The van der Waals surface area contributed by atoms with Gasteiger partial charge < -0.3 is 25.7 Å². The topological polar surface area (TPSA) is 122 Å². The second kappa shape index (κ2) is 33.4. The maximum Gasteiger partial charge on any atom is 0.150 e. The number of nitrogens with two attached hydrogens (primary N) is 2. The van der Waals surface area contributed by atoms with E-state index < -0.39 is 0 Å². The van der Waals surface area contributed by atoms with Crippen molar-refractivity contribution >= 4 is 36.9 Å². The molecule has 8 heteroatoms. The molecule has 0 atom stereocenters. The smallest absolute Gasteiger partial charge is 0.150 e. The van der Waals surface area contributed by atoms with E-state index in [1.54, 1.807) is 24.3 Å². The van der Waals surface area contributed by atoms with Gasteiger partial charge >= 0.3 is 0 Å². The zero-order chi connectivity index (χ0) is 48.3. The minimum Gasteiger partial charge on any atom is -0.489 e. The largest absolute Gasteiger partial charge is 0.489 e. The Kier molecular flexibility index (Phi) is 26.2. The summed E-state index contributed by atoms with van der Waals surface area (Å²) in [4.78, 5) is 19.7. The van der Waals surface area contributed by atoms with E-state index in [1.165, 1.54) is 12.8 Å². The minimum atomic E-state index is 0.512. The molecular formula is C60H70N4O4. The Morgan fingerprint density at radius 3 is 0.926 bits per heavy atom. The maximum atomic E-state index is 10.5. The van der Waals surface area contributed by atoms with Gasteiger partial charge in [-0.05, 0) is 156 Å². The lowest BCUT2D eigenvalue weighted by Gasteiger charge is -2.07. The standard InChI is InChI=1S/C38H40N2O2.C16H14O2.C6H16N2/c1-3-31-9-13-35(14-10-31)29-41-37-21-17-33(18-22-37)27-39-25-7-5-6-8-26-40-28-34-19-23-38(24-20-34)42-30-36-15-11-32(4-2)12-16-36;1-2-13-3-5-15(6-4-13)12-18-16-9-7-14(11-17)8-10-16;7-5-3-1-2-4-6-8/h3-4,9-24,27-28H,1-2,5-8,25-26,29-30H2;2-11H,1,12H2;1-8H2. The quantitative estimate of drug-likeness (QED) is 0.0302. The van der Waals surface area contributed by atoms with Crippen molar-refractivity contribution in [3.8, 4) is 17.2 Å². The van der Waals surface area contributed by atoms with Crippen molar-refractivity contribution in [3.63, 3.8) is 0 Å². The highest BCUT2D eigenvalue weighted by atomic mass is 16.5. The Hall–Kier alpha value is -7.13. The normalized spacial score (nSPS) is 10.6. The predicted octanol–water partition coefficient (Wildman–Crippen LogP) is 13.4. The third-order valence-corrected chi connectivity index (χ3v) is 10.6. The molecule has 8 nitrogen and oxygen atoms in total. The molecule has 0 fully saturated rings. The van der Waals surface area contributed by atoms with Gasteiger partial charge in [-0.2, -0.15) is 0 Å². The summed E-state index contributed by atoms with van der Waals surface area (Å²) in [6.45, 7) is 16.2. The molecule has 6 aromatic rings. The first-order valence-electron chi connectivity index (χ1n) is 23.6. The number of nitrogens with zero attached hydrogens (tertiary/aromatic N) is 2. The van der Waals surface area contributed by atoms with Crippen LogP contribution >= 0.6 is 0 Å². The third-order valence-electron chi connectivity index (χ3n) is 10.6. The molecule has 354 valence electrons. The van der Waals surface area contributed by atoms with Crippen LogP contribution in [0.4, 0.5) is 0 Å². The molecule has 0 aliphatic carbocycles. The molecular weight excluding hydrogens is 841 g/mol. The van der Waals surface area contributed by atoms with Gasteiger partial charge in [0.15, 0.2) is 0 Å². The van der Waals surface area contributed by atoms with Crippen molar-refractivity contribution in [1.29, 1.82) is 0 Å². The monoisotopic (exact) mass is 911 g/mol. The molecule has 0 aliphatic heterocycles. The number of carbonyl (C=O) groups is 1. The first kappa shape index (κ1) is 53.5. The fraction of sp³-hybridized carbons (Fsp3) is 0.250.